The summed E-state index contributed by atoms with van der Waals surface area (Å²) in [4.78, 5) is 0.329. The van der Waals surface area contributed by atoms with Crippen molar-refractivity contribution in [3.63, 3.8) is 0 Å². The topological polar surface area (TPSA) is 70.2 Å². The van der Waals surface area contributed by atoms with Crippen molar-refractivity contribution in [2.24, 2.45) is 5.92 Å². The van der Waals surface area contributed by atoms with Crippen LogP contribution in [-0.2, 0) is 10.0 Å². The molecular formula is C14H23N3O2S. The lowest BCUT2D eigenvalue weighted by Gasteiger charge is -2.23. The number of para-hydroxylation sites is 1. The molecule has 0 aromatic heterocycles. The van der Waals surface area contributed by atoms with Crippen LogP contribution >= 0.6 is 0 Å². The summed E-state index contributed by atoms with van der Waals surface area (Å²) in [6.45, 7) is 5.08. The molecule has 20 heavy (non-hydrogen) atoms. The first kappa shape index (κ1) is 15.3. The summed E-state index contributed by atoms with van der Waals surface area (Å²) in [5.41, 5.74) is 0.687. The van der Waals surface area contributed by atoms with Gasteiger partial charge in [0.05, 0.1) is 5.69 Å². The van der Waals surface area contributed by atoms with E-state index >= 15 is 0 Å². The van der Waals surface area contributed by atoms with E-state index in [9.17, 15) is 8.42 Å². The normalized spacial score (nSPS) is 17.1. The lowest BCUT2D eigenvalue weighted by Crippen LogP contribution is -2.31. The Balaban J connectivity index is 2.07. The first-order chi connectivity index (χ1) is 9.63. The predicted octanol–water partition coefficient (Wildman–Crippen LogP) is 1.40. The van der Waals surface area contributed by atoms with Crippen molar-refractivity contribution in [2.75, 3.05) is 31.5 Å². The van der Waals surface area contributed by atoms with Crippen LogP contribution in [0.15, 0.2) is 29.2 Å². The van der Waals surface area contributed by atoms with Gasteiger partial charge in [-0.05, 0) is 44.0 Å². The quantitative estimate of drug-likeness (QED) is 0.742. The van der Waals surface area contributed by atoms with Gasteiger partial charge in [0.2, 0.25) is 10.0 Å². The molecular weight excluding hydrogens is 274 g/mol. The Bertz CT molecular complexity index is 525. The first-order valence-corrected chi connectivity index (χ1v) is 8.65. The Morgan fingerprint density at radius 2 is 1.95 bits per heavy atom. The van der Waals surface area contributed by atoms with E-state index in [1.165, 1.54) is 0 Å². The third-order valence-electron chi connectivity index (χ3n) is 3.55. The van der Waals surface area contributed by atoms with Crippen LogP contribution in [0.25, 0.3) is 0 Å². The number of sulfonamides is 1. The fraction of sp³-hybridized carbons (Fsp3) is 0.571. The van der Waals surface area contributed by atoms with E-state index in [0.29, 0.717) is 23.0 Å². The summed E-state index contributed by atoms with van der Waals surface area (Å²) in [5, 5.41) is 6.63. The monoisotopic (exact) mass is 297 g/mol. The Morgan fingerprint density at radius 1 is 1.25 bits per heavy atom. The van der Waals surface area contributed by atoms with Crippen LogP contribution in [0.2, 0.25) is 0 Å². The third-order valence-corrected chi connectivity index (χ3v) is 5.15. The molecule has 0 atom stereocenters. The highest BCUT2D eigenvalue weighted by Gasteiger charge is 2.18. The lowest BCUT2D eigenvalue weighted by molar-refractivity contribution is 0.389. The summed E-state index contributed by atoms with van der Waals surface area (Å²) < 4.78 is 26.8. The number of benzene rings is 1. The first-order valence-electron chi connectivity index (χ1n) is 7.16. The maximum atomic E-state index is 12.1. The average molecular weight is 297 g/mol. The number of anilines is 1. The maximum Gasteiger partial charge on any atom is 0.242 e. The zero-order valence-corrected chi connectivity index (χ0v) is 12.7. The Morgan fingerprint density at radius 3 is 2.65 bits per heavy atom. The van der Waals surface area contributed by atoms with Gasteiger partial charge in [0, 0.05) is 13.1 Å². The smallest absolute Gasteiger partial charge is 0.242 e. The van der Waals surface area contributed by atoms with Gasteiger partial charge in [-0.3, -0.25) is 0 Å². The van der Waals surface area contributed by atoms with E-state index in [1.54, 1.807) is 19.1 Å². The Hall–Kier alpha value is -1.11. The predicted molar refractivity (Wildman–Crippen MR) is 81.4 cm³/mol. The highest BCUT2D eigenvalue weighted by molar-refractivity contribution is 7.89. The fourth-order valence-corrected chi connectivity index (χ4v) is 3.68. The number of rotatable bonds is 6. The van der Waals surface area contributed by atoms with E-state index in [2.05, 4.69) is 15.4 Å². The van der Waals surface area contributed by atoms with Crippen LogP contribution < -0.4 is 15.4 Å². The summed E-state index contributed by atoms with van der Waals surface area (Å²) >= 11 is 0. The summed E-state index contributed by atoms with van der Waals surface area (Å²) in [6.07, 6.45) is 2.27. The molecule has 1 saturated heterocycles. The number of hydrogen-bond acceptors (Lipinski definition) is 4. The third kappa shape index (κ3) is 3.94. The van der Waals surface area contributed by atoms with Crippen LogP contribution in [0.4, 0.5) is 5.69 Å². The second-order valence-electron chi connectivity index (χ2n) is 5.07. The largest absolute Gasteiger partial charge is 0.384 e. The zero-order chi connectivity index (χ0) is 14.4. The zero-order valence-electron chi connectivity index (χ0n) is 11.9. The van der Waals surface area contributed by atoms with Gasteiger partial charge in [0.25, 0.3) is 0 Å². The molecule has 0 saturated carbocycles. The van der Waals surface area contributed by atoms with Crippen molar-refractivity contribution in [3.8, 4) is 0 Å². The molecule has 2 rings (SSSR count). The van der Waals surface area contributed by atoms with Crippen molar-refractivity contribution in [1.29, 1.82) is 0 Å². The van der Waals surface area contributed by atoms with Gasteiger partial charge in [-0.1, -0.05) is 19.1 Å². The van der Waals surface area contributed by atoms with Crippen molar-refractivity contribution >= 4 is 15.7 Å². The van der Waals surface area contributed by atoms with Gasteiger partial charge in [0.15, 0.2) is 0 Å². The van der Waals surface area contributed by atoms with Gasteiger partial charge in [0.1, 0.15) is 4.90 Å². The molecule has 1 aromatic rings. The number of nitrogens with one attached hydrogen (secondary N) is 3. The van der Waals surface area contributed by atoms with Gasteiger partial charge in [-0.15, -0.1) is 0 Å². The molecule has 0 spiro atoms. The second-order valence-corrected chi connectivity index (χ2v) is 6.81. The molecule has 1 aliphatic rings. The molecule has 0 aliphatic carbocycles. The number of hydrogen-bond donors (Lipinski definition) is 3. The molecule has 112 valence electrons. The van der Waals surface area contributed by atoms with Gasteiger partial charge in [-0.25, -0.2) is 13.1 Å². The highest BCUT2D eigenvalue weighted by atomic mass is 32.2. The molecule has 0 amide bonds. The van der Waals surface area contributed by atoms with Crippen molar-refractivity contribution in [3.05, 3.63) is 24.3 Å². The molecule has 0 radical (unpaired) electrons. The minimum absolute atomic E-state index is 0.329. The molecule has 0 unspecified atom stereocenters. The molecule has 6 heteroatoms. The second kappa shape index (κ2) is 7.06. The summed E-state index contributed by atoms with van der Waals surface area (Å²) in [5.74, 6) is 0.603. The van der Waals surface area contributed by atoms with E-state index in [0.717, 1.165) is 32.5 Å². The SMILES string of the molecule is CCNS(=O)(=O)c1ccccc1NCC1CCNCC1. The van der Waals surface area contributed by atoms with Crippen LogP contribution in [0.5, 0.6) is 0 Å². The molecule has 1 aromatic carbocycles. The van der Waals surface area contributed by atoms with E-state index < -0.39 is 10.0 Å². The Labute approximate surface area is 121 Å². The minimum Gasteiger partial charge on any atom is -0.384 e. The van der Waals surface area contributed by atoms with Gasteiger partial charge < -0.3 is 10.6 Å². The summed E-state index contributed by atoms with van der Waals surface area (Å²) in [6, 6.07) is 7.07. The minimum atomic E-state index is -3.42. The Kier molecular flexibility index (Phi) is 5.39. The molecule has 1 heterocycles. The van der Waals surface area contributed by atoms with Crippen LogP contribution in [0.1, 0.15) is 19.8 Å². The van der Waals surface area contributed by atoms with Crippen LogP contribution in [0, 0.1) is 5.92 Å². The molecule has 1 fully saturated rings. The van der Waals surface area contributed by atoms with E-state index in [1.807, 2.05) is 12.1 Å². The fourth-order valence-electron chi connectivity index (χ4n) is 2.45. The van der Waals surface area contributed by atoms with Gasteiger partial charge in [-0.2, -0.15) is 0 Å². The summed E-state index contributed by atoms with van der Waals surface area (Å²) in [7, 11) is -3.42. The maximum absolute atomic E-state index is 12.1. The van der Waals surface area contributed by atoms with Crippen molar-refractivity contribution in [1.82, 2.24) is 10.0 Å². The molecule has 1 aliphatic heterocycles. The standard InChI is InChI=1S/C14H23N3O2S/c1-2-17-20(18,19)14-6-4-3-5-13(14)16-11-12-7-9-15-10-8-12/h3-6,12,15-17H,2,7-11H2,1H3. The lowest BCUT2D eigenvalue weighted by atomic mass is 9.98. The highest BCUT2D eigenvalue weighted by Crippen LogP contribution is 2.22. The van der Waals surface area contributed by atoms with Crippen LogP contribution in [0.3, 0.4) is 0 Å². The van der Waals surface area contributed by atoms with Crippen LogP contribution in [-0.4, -0.2) is 34.6 Å². The van der Waals surface area contributed by atoms with E-state index in [4.69, 9.17) is 0 Å². The van der Waals surface area contributed by atoms with E-state index in [-0.39, 0.29) is 0 Å². The van der Waals surface area contributed by atoms with Gasteiger partial charge >= 0.3 is 0 Å². The van der Waals surface area contributed by atoms with Crippen molar-refractivity contribution in [2.45, 2.75) is 24.7 Å². The molecule has 5 nitrogen and oxygen atoms in total. The molecule has 3 N–H and O–H groups in total. The molecule has 0 bridgehead atoms. The average Bonchev–Trinajstić information content (AvgIpc) is 2.46. The van der Waals surface area contributed by atoms with Crippen molar-refractivity contribution < 1.29 is 8.42 Å². The number of piperidine rings is 1.